The molecule has 8 nitrogen and oxygen atoms in total. The summed E-state index contributed by atoms with van der Waals surface area (Å²) in [7, 11) is -3.74. The number of aromatic nitrogens is 3. The standard InChI is InChI=1S/C19H17N5O3S/c25-18(20-14-9-5-7-12-6-1-2-8-13(12)14)17-21-19-23-28(26,27)16-11-4-3-10-15(16)24(19)22-17/h1-4,6,8,10-11,14H,5,7,9H2,(H,20,25)(H,21,22,23). The highest BCUT2D eigenvalue weighted by Crippen LogP contribution is 2.31. The minimum Gasteiger partial charge on any atom is -0.342 e. The minimum atomic E-state index is -3.74. The Balaban J connectivity index is 1.47. The fourth-order valence-electron chi connectivity index (χ4n) is 3.80. The molecule has 0 bridgehead atoms. The number of carbonyl (C=O) groups is 1. The van der Waals surface area contributed by atoms with Gasteiger partial charge in [0, 0.05) is 0 Å². The number of anilines is 1. The molecule has 1 aliphatic heterocycles. The van der Waals surface area contributed by atoms with E-state index < -0.39 is 15.9 Å². The lowest BCUT2D eigenvalue weighted by Gasteiger charge is -2.25. The highest BCUT2D eigenvalue weighted by atomic mass is 32.2. The molecule has 1 amide bonds. The van der Waals surface area contributed by atoms with Gasteiger partial charge in [-0.15, -0.1) is 5.10 Å². The van der Waals surface area contributed by atoms with E-state index in [4.69, 9.17) is 0 Å². The van der Waals surface area contributed by atoms with Gasteiger partial charge in [0.15, 0.2) is 0 Å². The summed E-state index contributed by atoms with van der Waals surface area (Å²) in [6.07, 6.45) is 2.83. The molecule has 2 aliphatic rings. The summed E-state index contributed by atoms with van der Waals surface area (Å²) in [6, 6.07) is 14.4. The van der Waals surface area contributed by atoms with Gasteiger partial charge in [0.2, 0.25) is 11.8 Å². The molecule has 28 heavy (non-hydrogen) atoms. The Bertz CT molecular complexity index is 1200. The molecule has 1 atom stereocenters. The third-order valence-electron chi connectivity index (χ3n) is 5.09. The maximum atomic E-state index is 12.8. The van der Waals surface area contributed by atoms with E-state index in [0.29, 0.717) is 5.69 Å². The van der Waals surface area contributed by atoms with Gasteiger partial charge in [-0.3, -0.25) is 4.79 Å². The normalized spacial score (nSPS) is 18.9. The quantitative estimate of drug-likeness (QED) is 0.692. The van der Waals surface area contributed by atoms with Crippen LogP contribution in [0.4, 0.5) is 5.95 Å². The summed E-state index contributed by atoms with van der Waals surface area (Å²) in [4.78, 5) is 17.0. The SMILES string of the molecule is O=C(NC1CCCc2ccccc21)c1nc2n(n1)-c1ccccc1S(=O)(=O)N2. The highest BCUT2D eigenvalue weighted by molar-refractivity contribution is 7.92. The third-order valence-corrected chi connectivity index (χ3v) is 6.47. The van der Waals surface area contributed by atoms with E-state index in [9.17, 15) is 13.2 Å². The Morgan fingerprint density at radius 2 is 1.93 bits per heavy atom. The second-order valence-electron chi connectivity index (χ2n) is 6.86. The summed E-state index contributed by atoms with van der Waals surface area (Å²) in [5.41, 5.74) is 2.71. The van der Waals surface area contributed by atoms with Crippen LogP contribution in [0.15, 0.2) is 53.4 Å². The van der Waals surface area contributed by atoms with Crippen LogP contribution in [0.2, 0.25) is 0 Å². The predicted molar refractivity (Wildman–Crippen MR) is 102 cm³/mol. The summed E-state index contributed by atoms with van der Waals surface area (Å²) in [5, 5.41) is 7.24. The van der Waals surface area contributed by atoms with Gasteiger partial charge in [-0.05, 0) is 42.5 Å². The van der Waals surface area contributed by atoms with Crippen molar-refractivity contribution in [3.63, 3.8) is 0 Å². The van der Waals surface area contributed by atoms with Crippen molar-refractivity contribution in [2.45, 2.75) is 30.2 Å². The van der Waals surface area contributed by atoms with Crippen LogP contribution in [0.3, 0.4) is 0 Å². The van der Waals surface area contributed by atoms with Crippen LogP contribution in [-0.2, 0) is 16.4 Å². The Hall–Kier alpha value is -3.20. The van der Waals surface area contributed by atoms with Crippen molar-refractivity contribution < 1.29 is 13.2 Å². The van der Waals surface area contributed by atoms with E-state index >= 15 is 0 Å². The summed E-state index contributed by atoms with van der Waals surface area (Å²) in [5.74, 6) is -0.495. The van der Waals surface area contributed by atoms with Crippen LogP contribution in [-0.4, -0.2) is 29.1 Å². The van der Waals surface area contributed by atoms with Gasteiger partial charge in [0.1, 0.15) is 4.90 Å². The zero-order valence-electron chi connectivity index (χ0n) is 14.8. The Morgan fingerprint density at radius 1 is 1.14 bits per heavy atom. The Kier molecular flexibility index (Phi) is 3.73. The van der Waals surface area contributed by atoms with E-state index in [1.807, 2.05) is 18.2 Å². The van der Waals surface area contributed by atoms with Crippen molar-refractivity contribution in [2.75, 3.05) is 4.72 Å². The molecule has 0 spiro atoms. The molecular weight excluding hydrogens is 378 g/mol. The highest BCUT2D eigenvalue weighted by Gasteiger charge is 2.31. The van der Waals surface area contributed by atoms with Crippen LogP contribution >= 0.6 is 0 Å². The number of carbonyl (C=O) groups excluding carboxylic acids is 1. The molecule has 0 radical (unpaired) electrons. The van der Waals surface area contributed by atoms with Gasteiger partial charge < -0.3 is 5.32 Å². The minimum absolute atomic E-state index is 0.00731. The lowest BCUT2D eigenvalue weighted by Crippen LogP contribution is -2.31. The lowest BCUT2D eigenvalue weighted by molar-refractivity contribution is 0.0922. The molecule has 2 heterocycles. The average Bonchev–Trinajstić information content (AvgIpc) is 3.12. The van der Waals surface area contributed by atoms with E-state index in [-0.39, 0.29) is 22.7 Å². The lowest BCUT2D eigenvalue weighted by atomic mass is 9.88. The zero-order chi connectivity index (χ0) is 19.3. The second-order valence-corrected chi connectivity index (χ2v) is 8.51. The van der Waals surface area contributed by atoms with E-state index in [1.54, 1.807) is 18.2 Å². The van der Waals surface area contributed by atoms with Crippen LogP contribution in [0.25, 0.3) is 5.69 Å². The molecule has 142 valence electrons. The summed E-state index contributed by atoms with van der Waals surface area (Å²) >= 11 is 0. The first-order valence-corrected chi connectivity index (χ1v) is 10.5. The number of sulfonamides is 1. The maximum Gasteiger partial charge on any atom is 0.291 e. The molecule has 1 aliphatic carbocycles. The molecule has 2 aromatic carbocycles. The van der Waals surface area contributed by atoms with Gasteiger partial charge >= 0.3 is 0 Å². The maximum absolute atomic E-state index is 12.8. The van der Waals surface area contributed by atoms with Crippen LogP contribution in [0, 0.1) is 0 Å². The van der Waals surface area contributed by atoms with Crippen LogP contribution < -0.4 is 10.0 Å². The Labute approximate surface area is 161 Å². The predicted octanol–water partition coefficient (Wildman–Crippen LogP) is 2.19. The monoisotopic (exact) mass is 395 g/mol. The first kappa shape index (κ1) is 16.9. The van der Waals surface area contributed by atoms with Gasteiger partial charge in [0.25, 0.3) is 15.9 Å². The summed E-state index contributed by atoms with van der Waals surface area (Å²) in [6.45, 7) is 0. The molecule has 1 unspecified atom stereocenters. The van der Waals surface area contributed by atoms with Crippen molar-refractivity contribution in [3.05, 3.63) is 65.5 Å². The summed E-state index contributed by atoms with van der Waals surface area (Å²) < 4.78 is 28.5. The molecule has 3 aromatic rings. The second kappa shape index (κ2) is 6.16. The van der Waals surface area contributed by atoms with Crippen molar-refractivity contribution >= 4 is 21.9 Å². The fourth-order valence-corrected chi connectivity index (χ4v) is 4.97. The van der Waals surface area contributed by atoms with Crippen LogP contribution in [0.1, 0.15) is 40.6 Å². The fraction of sp³-hybridized carbons (Fsp3) is 0.211. The number of rotatable bonds is 2. The van der Waals surface area contributed by atoms with Crippen molar-refractivity contribution in [2.24, 2.45) is 0 Å². The number of fused-ring (bicyclic) bond motifs is 4. The first-order chi connectivity index (χ1) is 13.5. The van der Waals surface area contributed by atoms with Crippen molar-refractivity contribution in [1.82, 2.24) is 20.1 Å². The molecule has 0 fully saturated rings. The smallest absolute Gasteiger partial charge is 0.291 e. The average molecular weight is 395 g/mol. The number of hydrogen-bond acceptors (Lipinski definition) is 5. The number of nitrogens with one attached hydrogen (secondary N) is 2. The van der Waals surface area contributed by atoms with Gasteiger partial charge in [-0.25, -0.2) is 13.1 Å². The number of amides is 1. The number of benzene rings is 2. The van der Waals surface area contributed by atoms with Gasteiger partial charge in [0.05, 0.1) is 11.7 Å². The molecule has 2 N–H and O–H groups in total. The molecule has 9 heteroatoms. The molecule has 0 saturated carbocycles. The zero-order valence-corrected chi connectivity index (χ0v) is 15.6. The third kappa shape index (κ3) is 2.66. The number of nitrogens with zero attached hydrogens (tertiary/aromatic N) is 3. The largest absolute Gasteiger partial charge is 0.342 e. The molecule has 5 rings (SSSR count). The number of hydrogen-bond donors (Lipinski definition) is 2. The molecule has 1 aromatic heterocycles. The molecular formula is C19H17N5O3S. The topological polar surface area (TPSA) is 106 Å². The molecule has 0 saturated heterocycles. The number of para-hydroxylation sites is 1. The van der Waals surface area contributed by atoms with Crippen molar-refractivity contribution in [1.29, 1.82) is 0 Å². The van der Waals surface area contributed by atoms with E-state index in [0.717, 1.165) is 24.8 Å². The van der Waals surface area contributed by atoms with Gasteiger partial charge in [-0.2, -0.15) is 9.67 Å². The van der Waals surface area contributed by atoms with E-state index in [1.165, 1.54) is 16.3 Å². The van der Waals surface area contributed by atoms with E-state index in [2.05, 4.69) is 26.2 Å². The number of aryl methyl sites for hydroxylation is 1. The van der Waals surface area contributed by atoms with Gasteiger partial charge in [-0.1, -0.05) is 36.4 Å². The van der Waals surface area contributed by atoms with Crippen LogP contribution in [0.5, 0.6) is 0 Å². The van der Waals surface area contributed by atoms with Crippen molar-refractivity contribution in [3.8, 4) is 5.69 Å². The Morgan fingerprint density at radius 3 is 2.82 bits per heavy atom. The first-order valence-electron chi connectivity index (χ1n) is 9.01.